The van der Waals surface area contributed by atoms with Crippen LogP contribution in [0.2, 0.25) is 0 Å². The minimum absolute atomic E-state index is 0.260. The Morgan fingerprint density at radius 1 is 1.19 bits per heavy atom. The maximum atomic E-state index is 11.7. The van der Waals surface area contributed by atoms with Crippen LogP contribution in [0.25, 0.3) is 0 Å². The molecule has 0 bridgehead atoms. The van der Waals surface area contributed by atoms with Crippen molar-refractivity contribution in [2.75, 3.05) is 30.5 Å². The molecule has 26 heavy (non-hydrogen) atoms. The van der Waals surface area contributed by atoms with Crippen LogP contribution < -0.4 is 16.4 Å². The van der Waals surface area contributed by atoms with Crippen molar-refractivity contribution in [2.24, 2.45) is 5.73 Å². The zero-order chi connectivity index (χ0) is 18.4. The largest absolute Gasteiger partial charge is 0.381 e. The van der Waals surface area contributed by atoms with Crippen LogP contribution >= 0.6 is 0 Å². The Morgan fingerprint density at radius 3 is 2.54 bits per heavy atom. The molecule has 1 aliphatic carbocycles. The molecule has 8 heteroatoms. The Bertz CT molecular complexity index is 598. The standard InChI is InChI=1S/C18H29N5O3/c1-2-26-14-5-3-12(4-6-14)21-17-15(16(19)24)11-20-18(23-17)22-13-7-9-25-10-8-13/h11-14H,2-10H2,1H3,(H2,19,24)(H2,20,21,22,23)/t12-,14+. The number of rotatable bonds is 7. The topological polar surface area (TPSA) is 111 Å². The van der Waals surface area contributed by atoms with Crippen molar-refractivity contribution in [1.29, 1.82) is 0 Å². The number of aromatic nitrogens is 2. The SMILES string of the molecule is CCO[C@H]1CC[C@@H](Nc2nc(NC3CCOCC3)ncc2C(N)=O)CC1. The number of primary amides is 1. The molecular formula is C18H29N5O3. The summed E-state index contributed by atoms with van der Waals surface area (Å²) in [4.78, 5) is 20.5. The Labute approximate surface area is 154 Å². The minimum Gasteiger partial charge on any atom is -0.381 e. The third-order valence-electron chi connectivity index (χ3n) is 5.03. The molecule has 144 valence electrons. The second kappa shape index (κ2) is 9.14. The third-order valence-corrected chi connectivity index (χ3v) is 5.03. The van der Waals surface area contributed by atoms with Gasteiger partial charge in [0.2, 0.25) is 5.95 Å². The predicted molar refractivity (Wildman–Crippen MR) is 99.3 cm³/mol. The van der Waals surface area contributed by atoms with E-state index in [0.717, 1.165) is 58.3 Å². The van der Waals surface area contributed by atoms with Crippen molar-refractivity contribution in [3.63, 3.8) is 0 Å². The van der Waals surface area contributed by atoms with Crippen LogP contribution in [-0.4, -0.2) is 53.9 Å². The molecule has 0 radical (unpaired) electrons. The number of anilines is 2. The molecule has 1 aromatic rings. The van der Waals surface area contributed by atoms with E-state index in [1.54, 1.807) is 0 Å². The van der Waals surface area contributed by atoms with Gasteiger partial charge in [-0.25, -0.2) is 4.98 Å². The summed E-state index contributed by atoms with van der Waals surface area (Å²) in [7, 11) is 0. The average molecular weight is 363 g/mol. The molecule has 2 heterocycles. The molecule has 1 aromatic heterocycles. The molecule has 1 saturated carbocycles. The number of carbonyl (C=O) groups is 1. The Kier molecular flexibility index (Phi) is 6.62. The number of nitrogens with two attached hydrogens (primary N) is 1. The smallest absolute Gasteiger partial charge is 0.254 e. The predicted octanol–water partition coefficient (Wildman–Crippen LogP) is 1.93. The molecule has 1 aliphatic heterocycles. The molecular weight excluding hydrogens is 334 g/mol. The summed E-state index contributed by atoms with van der Waals surface area (Å²) in [6.07, 6.45) is 7.67. The number of hydrogen-bond donors (Lipinski definition) is 3. The normalized spacial score (nSPS) is 24.2. The van der Waals surface area contributed by atoms with E-state index in [0.29, 0.717) is 23.4 Å². The second-order valence-electron chi connectivity index (χ2n) is 6.92. The Balaban J connectivity index is 1.65. The highest BCUT2D eigenvalue weighted by atomic mass is 16.5. The average Bonchev–Trinajstić information content (AvgIpc) is 2.64. The highest BCUT2D eigenvalue weighted by molar-refractivity contribution is 5.97. The van der Waals surface area contributed by atoms with Crippen LogP contribution in [0.1, 0.15) is 55.8 Å². The Morgan fingerprint density at radius 2 is 1.88 bits per heavy atom. The molecule has 0 atom stereocenters. The molecule has 1 saturated heterocycles. The first-order valence-electron chi connectivity index (χ1n) is 9.55. The van der Waals surface area contributed by atoms with E-state index in [4.69, 9.17) is 15.2 Å². The van der Waals surface area contributed by atoms with Crippen molar-refractivity contribution >= 4 is 17.7 Å². The summed E-state index contributed by atoms with van der Waals surface area (Å²) in [5.41, 5.74) is 5.83. The van der Waals surface area contributed by atoms with Crippen LogP contribution in [0.5, 0.6) is 0 Å². The molecule has 0 unspecified atom stereocenters. The first kappa shape index (κ1) is 18.8. The van der Waals surface area contributed by atoms with E-state index in [1.165, 1.54) is 6.20 Å². The number of ether oxygens (including phenoxy) is 2. The highest BCUT2D eigenvalue weighted by Gasteiger charge is 2.24. The number of nitrogens with zero attached hydrogens (tertiary/aromatic N) is 2. The van der Waals surface area contributed by atoms with Gasteiger partial charge in [0.05, 0.1) is 11.7 Å². The van der Waals surface area contributed by atoms with Gasteiger partial charge < -0.3 is 25.8 Å². The van der Waals surface area contributed by atoms with Gasteiger partial charge >= 0.3 is 0 Å². The third kappa shape index (κ3) is 5.04. The monoisotopic (exact) mass is 363 g/mol. The maximum absolute atomic E-state index is 11.7. The molecule has 2 fully saturated rings. The maximum Gasteiger partial charge on any atom is 0.254 e. The van der Waals surface area contributed by atoms with E-state index >= 15 is 0 Å². The van der Waals surface area contributed by atoms with E-state index in [9.17, 15) is 4.79 Å². The Hall–Kier alpha value is -1.93. The van der Waals surface area contributed by atoms with Gasteiger partial charge in [0.1, 0.15) is 5.82 Å². The molecule has 0 aromatic carbocycles. The highest BCUT2D eigenvalue weighted by Crippen LogP contribution is 2.25. The molecule has 8 nitrogen and oxygen atoms in total. The van der Waals surface area contributed by atoms with E-state index in [1.807, 2.05) is 6.92 Å². The van der Waals surface area contributed by atoms with Gasteiger partial charge in [-0.3, -0.25) is 4.79 Å². The number of carbonyl (C=O) groups excluding carboxylic acids is 1. The van der Waals surface area contributed by atoms with Gasteiger partial charge in [0, 0.05) is 38.1 Å². The van der Waals surface area contributed by atoms with Crippen molar-refractivity contribution in [2.45, 2.75) is 63.6 Å². The summed E-state index contributed by atoms with van der Waals surface area (Å²) in [6, 6.07) is 0.549. The summed E-state index contributed by atoms with van der Waals surface area (Å²) < 4.78 is 11.1. The first-order valence-corrected chi connectivity index (χ1v) is 9.55. The lowest BCUT2D eigenvalue weighted by Crippen LogP contribution is -2.32. The van der Waals surface area contributed by atoms with Crippen molar-refractivity contribution in [1.82, 2.24) is 9.97 Å². The van der Waals surface area contributed by atoms with Gasteiger partial charge in [-0.15, -0.1) is 0 Å². The number of nitrogens with one attached hydrogen (secondary N) is 2. The lowest BCUT2D eigenvalue weighted by Gasteiger charge is -2.29. The zero-order valence-corrected chi connectivity index (χ0v) is 15.4. The van der Waals surface area contributed by atoms with Gasteiger partial charge in [-0.1, -0.05) is 0 Å². The molecule has 0 spiro atoms. The summed E-state index contributed by atoms with van der Waals surface area (Å²) in [6.45, 7) is 4.26. The van der Waals surface area contributed by atoms with Crippen molar-refractivity contribution in [3.8, 4) is 0 Å². The first-order chi connectivity index (χ1) is 12.7. The van der Waals surface area contributed by atoms with Crippen molar-refractivity contribution < 1.29 is 14.3 Å². The summed E-state index contributed by atoms with van der Waals surface area (Å²) >= 11 is 0. The van der Waals surface area contributed by atoms with Gasteiger partial charge in [0.15, 0.2) is 0 Å². The van der Waals surface area contributed by atoms with Crippen LogP contribution in [0, 0.1) is 0 Å². The van der Waals surface area contributed by atoms with E-state index in [-0.39, 0.29) is 12.1 Å². The fourth-order valence-corrected chi connectivity index (χ4v) is 3.57. The summed E-state index contributed by atoms with van der Waals surface area (Å²) in [5.74, 6) is 0.516. The minimum atomic E-state index is -0.520. The molecule has 1 amide bonds. The second-order valence-corrected chi connectivity index (χ2v) is 6.92. The lowest BCUT2D eigenvalue weighted by molar-refractivity contribution is 0.0346. The molecule has 3 rings (SSSR count). The van der Waals surface area contributed by atoms with Crippen LogP contribution in [0.3, 0.4) is 0 Å². The van der Waals surface area contributed by atoms with Crippen LogP contribution in [0.15, 0.2) is 6.20 Å². The van der Waals surface area contributed by atoms with Gasteiger partial charge in [-0.2, -0.15) is 4.98 Å². The fraction of sp³-hybridized carbons (Fsp3) is 0.722. The van der Waals surface area contributed by atoms with E-state index in [2.05, 4.69) is 20.6 Å². The summed E-state index contributed by atoms with van der Waals surface area (Å²) in [5, 5.41) is 6.73. The zero-order valence-electron chi connectivity index (χ0n) is 15.4. The van der Waals surface area contributed by atoms with Crippen LogP contribution in [-0.2, 0) is 9.47 Å². The quantitative estimate of drug-likeness (QED) is 0.678. The van der Waals surface area contributed by atoms with E-state index < -0.39 is 5.91 Å². The number of hydrogen-bond acceptors (Lipinski definition) is 7. The molecule has 2 aliphatic rings. The van der Waals surface area contributed by atoms with Gasteiger partial charge in [-0.05, 0) is 45.4 Å². The number of amides is 1. The van der Waals surface area contributed by atoms with Crippen LogP contribution in [0.4, 0.5) is 11.8 Å². The fourth-order valence-electron chi connectivity index (χ4n) is 3.57. The van der Waals surface area contributed by atoms with Gasteiger partial charge in [0.25, 0.3) is 5.91 Å². The molecule has 4 N–H and O–H groups in total. The lowest BCUT2D eigenvalue weighted by atomic mass is 9.93. The van der Waals surface area contributed by atoms with Crippen molar-refractivity contribution in [3.05, 3.63) is 11.8 Å².